The van der Waals surface area contributed by atoms with Gasteiger partial charge in [0.15, 0.2) is 17.3 Å². The Kier molecular flexibility index (Phi) is 7.75. The number of anilines is 2. The van der Waals surface area contributed by atoms with Crippen LogP contribution in [0.25, 0.3) is 15.6 Å². The Morgan fingerprint density at radius 2 is 1.97 bits per heavy atom. The zero-order chi connectivity index (χ0) is 21.8. The van der Waals surface area contributed by atoms with Crippen molar-refractivity contribution in [1.29, 1.82) is 5.26 Å². The van der Waals surface area contributed by atoms with E-state index >= 15 is 0 Å². The van der Waals surface area contributed by atoms with Gasteiger partial charge in [-0.1, -0.05) is 35.9 Å². The Morgan fingerprint density at radius 3 is 2.66 bits per heavy atom. The molecule has 0 amide bonds. The smallest absolute Gasteiger partial charge is 0.188 e. The number of hydrogen-bond acceptors (Lipinski definition) is 5. The fourth-order valence-electron chi connectivity index (χ4n) is 3.90. The Bertz CT molecular complexity index is 1190. The minimum absolute atomic E-state index is 0. The van der Waals surface area contributed by atoms with E-state index in [9.17, 15) is 0 Å². The molecular weight excluding hydrogens is 443 g/mol. The maximum atomic E-state index is 9.17. The number of nitrogens with zero attached hydrogens (tertiary/aromatic N) is 5. The molecule has 1 aromatic heterocycles. The number of rotatable bonds is 5. The molecule has 164 valence electrons. The molecule has 0 unspecified atom stereocenters. The van der Waals surface area contributed by atoms with Crippen molar-refractivity contribution in [2.75, 3.05) is 29.9 Å². The summed E-state index contributed by atoms with van der Waals surface area (Å²) in [6, 6.07) is 14.1. The van der Waals surface area contributed by atoms with Crippen molar-refractivity contribution in [3.8, 4) is 6.07 Å². The number of aromatic nitrogens is 2. The third-order valence-corrected chi connectivity index (χ3v) is 6.20. The van der Waals surface area contributed by atoms with E-state index in [0.717, 1.165) is 65.1 Å². The third-order valence-electron chi connectivity index (χ3n) is 5.79. The minimum atomic E-state index is 0. The Balaban J connectivity index is 0.00000289. The number of halogens is 2. The maximum absolute atomic E-state index is 9.17. The van der Waals surface area contributed by atoms with Crippen molar-refractivity contribution in [2.24, 2.45) is 5.92 Å². The molecule has 8 heteroatoms. The van der Waals surface area contributed by atoms with Gasteiger partial charge in [-0.3, -0.25) is 0 Å². The van der Waals surface area contributed by atoms with Crippen LogP contribution in [0, 0.1) is 30.7 Å². The summed E-state index contributed by atoms with van der Waals surface area (Å²) in [6.45, 7) is 11.6. The first kappa shape index (κ1) is 23.6. The van der Waals surface area contributed by atoms with Gasteiger partial charge in [-0.05, 0) is 49.4 Å². The fraction of sp³-hybridized carbons (Fsp3) is 0.333. The van der Waals surface area contributed by atoms with Crippen LogP contribution in [-0.2, 0) is 6.42 Å². The molecule has 4 rings (SSSR count). The monoisotopic (exact) mass is 466 g/mol. The molecule has 0 atom stereocenters. The lowest BCUT2D eigenvalue weighted by Gasteiger charge is -2.30. The Morgan fingerprint density at radius 1 is 1.19 bits per heavy atom. The van der Waals surface area contributed by atoms with E-state index in [1.807, 2.05) is 37.3 Å². The van der Waals surface area contributed by atoms with Crippen LogP contribution in [0.1, 0.15) is 24.0 Å². The molecule has 0 radical (unpaired) electrons. The van der Waals surface area contributed by atoms with Crippen LogP contribution in [-0.4, -0.2) is 29.8 Å². The molecule has 0 bridgehead atoms. The zero-order valence-corrected chi connectivity index (χ0v) is 19.4. The summed E-state index contributed by atoms with van der Waals surface area (Å²) in [5, 5.41) is 24.2. The van der Waals surface area contributed by atoms with Crippen LogP contribution in [0.3, 0.4) is 0 Å². The Hall–Kier alpha value is -3.06. The van der Waals surface area contributed by atoms with Gasteiger partial charge in [0.2, 0.25) is 0 Å². The van der Waals surface area contributed by atoms with Gasteiger partial charge < -0.3 is 10.2 Å². The Labute approximate surface area is 199 Å². The highest BCUT2D eigenvalue weighted by atomic mass is 35.5. The van der Waals surface area contributed by atoms with E-state index in [-0.39, 0.29) is 18.3 Å². The van der Waals surface area contributed by atoms with E-state index in [1.165, 1.54) is 0 Å². The second kappa shape index (κ2) is 10.5. The number of fused-ring (bicyclic) bond motifs is 1. The number of piperidine rings is 1. The fourth-order valence-corrected chi connectivity index (χ4v) is 4.10. The van der Waals surface area contributed by atoms with Crippen LogP contribution >= 0.6 is 24.0 Å². The highest BCUT2D eigenvalue weighted by Crippen LogP contribution is 2.33. The largest absolute Gasteiger partial charge is 0.368 e. The standard InChI is InChI=1S/C24H23ClN6.ClH/c1-16-3-4-17(13-22(16)25)7-10-28-23-21-14-19(27-2)5-6-20(21)24(30-29-23)31-11-8-18(15-26)9-12-31;/h3-6,13-14,18H,7-12H2,1H3,(H,28,29);1H. The molecule has 1 fully saturated rings. The summed E-state index contributed by atoms with van der Waals surface area (Å²) in [4.78, 5) is 5.77. The van der Waals surface area contributed by atoms with Crippen molar-refractivity contribution in [3.05, 3.63) is 64.0 Å². The predicted molar refractivity (Wildman–Crippen MR) is 132 cm³/mol. The first-order chi connectivity index (χ1) is 15.1. The van der Waals surface area contributed by atoms with Crippen LogP contribution in [0.4, 0.5) is 17.3 Å². The summed E-state index contributed by atoms with van der Waals surface area (Å²) in [7, 11) is 0. The zero-order valence-electron chi connectivity index (χ0n) is 17.8. The second-order valence-electron chi connectivity index (χ2n) is 7.86. The first-order valence-electron chi connectivity index (χ1n) is 10.4. The molecule has 1 aliphatic heterocycles. The molecule has 32 heavy (non-hydrogen) atoms. The van der Waals surface area contributed by atoms with Gasteiger partial charge in [0.05, 0.1) is 12.6 Å². The molecule has 2 heterocycles. The molecule has 2 aromatic carbocycles. The number of aryl methyl sites for hydroxylation is 1. The van der Waals surface area contributed by atoms with E-state index in [2.05, 4.69) is 37.4 Å². The minimum Gasteiger partial charge on any atom is -0.368 e. The van der Waals surface area contributed by atoms with Crippen molar-refractivity contribution in [1.82, 2.24) is 10.2 Å². The van der Waals surface area contributed by atoms with Gasteiger partial charge in [0, 0.05) is 41.3 Å². The van der Waals surface area contributed by atoms with E-state index in [4.69, 9.17) is 23.4 Å². The average molecular weight is 467 g/mol. The topological polar surface area (TPSA) is 69.2 Å². The molecular formula is C24H24Cl2N6. The van der Waals surface area contributed by atoms with Gasteiger partial charge in [0.1, 0.15) is 0 Å². The molecule has 3 aromatic rings. The molecule has 1 N–H and O–H groups in total. The van der Waals surface area contributed by atoms with Crippen molar-refractivity contribution in [3.63, 3.8) is 0 Å². The number of benzene rings is 2. The van der Waals surface area contributed by atoms with Gasteiger partial charge in [-0.2, -0.15) is 5.26 Å². The summed E-state index contributed by atoms with van der Waals surface area (Å²) in [5.41, 5.74) is 2.79. The molecule has 0 aliphatic carbocycles. The van der Waals surface area contributed by atoms with Crippen molar-refractivity contribution < 1.29 is 0 Å². The SMILES string of the molecule is Cl.[C-]#[N+]c1ccc2c(N3CCC(C#N)CC3)nnc(NCCc3ccc(C)c(Cl)c3)c2c1. The number of nitriles is 1. The van der Waals surface area contributed by atoms with Crippen molar-refractivity contribution >= 4 is 52.1 Å². The maximum Gasteiger partial charge on any atom is 0.188 e. The third kappa shape index (κ3) is 5.05. The average Bonchev–Trinajstić information content (AvgIpc) is 2.81. The molecule has 0 spiro atoms. The lowest BCUT2D eigenvalue weighted by Crippen LogP contribution is -2.34. The molecule has 0 saturated carbocycles. The van der Waals surface area contributed by atoms with Gasteiger partial charge in [-0.15, -0.1) is 22.6 Å². The molecule has 1 aliphatic rings. The lowest BCUT2D eigenvalue weighted by atomic mass is 9.98. The number of nitrogens with one attached hydrogen (secondary N) is 1. The van der Waals surface area contributed by atoms with Crippen LogP contribution < -0.4 is 10.2 Å². The highest BCUT2D eigenvalue weighted by Gasteiger charge is 2.22. The van der Waals surface area contributed by atoms with E-state index in [0.29, 0.717) is 18.1 Å². The summed E-state index contributed by atoms with van der Waals surface area (Å²) in [5.74, 6) is 1.61. The summed E-state index contributed by atoms with van der Waals surface area (Å²) >= 11 is 6.24. The van der Waals surface area contributed by atoms with Gasteiger partial charge in [-0.25, -0.2) is 4.85 Å². The van der Waals surface area contributed by atoms with E-state index < -0.39 is 0 Å². The van der Waals surface area contributed by atoms with Gasteiger partial charge >= 0.3 is 0 Å². The van der Waals surface area contributed by atoms with E-state index in [1.54, 1.807) is 0 Å². The second-order valence-corrected chi connectivity index (χ2v) is 8.27. The van der Waals surface area contributed by atoms with Crippen LogP contribution in [0.15, 0.2) is 36.4 Å². The normalized spacial score (nSPS) is 13.8. The van der Waals surface area contributed by atoms with Gasteiger partial charge in [0.25, 0.3) is 0 Å². The molecule has 6 nitrogen and oxygen atoms in total. The highest BCUT2D eigenvalue weighted by molar-refractivity contribution is 6.31. The predicted octanol–water partition coefficient (Wildman–Crippen LogP) is 5.96. The number of hydrogen-bond donors (Lipinski definition) is 1. The van der Waals surface area contributed by atoms with Crippen LogP contribution in [0.5, 0.6) is 0 Å². The summed E-state index contributed by atoms with van der Waals surface area (Å²) < 4.78 is 0. The van der Waals surface area contributed by atoms with Crippen molar-refractivity contribution in [2.45, 2.75) is 26.2 Å². The summed E-state index contributed by atoms with van der Waals surface area (Å²) in [6.07, 6.45) is 2.47. The quantitative estimate of drug-likeness (QED) is 0.469. The van der Waals surface area contributed by atoms with Crippen LogP contribution in [0.2, 0.25) is 5.02 Å². The molecule has 1 saturated heterocycles. The lowest BCUT2D eigenvalue weighted by molar-refractivity contribution is 0.485. The first-order valence-corrected chi connectivity index (χ1v) is 10.8.